The van der Waals surface area contributed by atoms with E-state index < -0.39 is 0 Å². The van der Waals surface area contributed by atoms with Crippen molar-refractivity contribution in [3.63, 3.8) is 0 Å². The number of carbonyl (C=O) groups excluding carboxylic acids is 1. The average Bonchev–Trinajstić information content (AvgIpc) is 3.13. The van der Waals surface area contributed by atoms with Crippen molar-refractivity contribution in [2.75, 3.05) is 31.1 Å². The molecule has 0 bridgehead atoms. The van der Waals surface area contributed by atoms with Crippen LogP contribution in [-0.4, -0.2) is 52.2 Å². The first kappa shape index (κ1) is 23.2. The van der Waals surface area contributed by atoms with Crippen LogP contribution in [0.15, 0.2) is 41.2 Å². The minimum absolute atomic E-state index is 0.0178. The zero-order valence-electron chi connectivity index (χ0n) is 20.2. The molecule has 3 heterocycles. The molecule has 5 rings (SSSR count). The molecule has 0 radical (unpaired) electrons. The Morgan fingerprint density at radius 1 is 1.11 bits per heavy atom. The number of amides is 1. The van der Waals surface area contributed by atoms with E-state index >= 15 is 0 Å². The van der Waals surface area contributed by atoms with Gasteiger partial charge in [0.1, 0.15) is 0 Å². The molecule has 2 aliphatic heterocycles. The summed E-state index contributed by atoms with van der Waals surface area (Å²) in [6, 6.07) is 13.4. The van der Waals surface area contributed by atoms with Crippen LogP contribution in [0.1, 0.15) is 53.6 Å². The first-order valence-electron chi connectivity index (χ1n) is 12.5. The van der Waals surface area contributed by atoms with Gasteiger partial charge in [-0.25, -0.2) is 4.79 Å². The van der Waals surface area contributed by atoms with Gasteiger partial charge in [0, 0.05) is 44.8 Å². The van der Waals surface area contributed by atoms with Gasteiger partial charge in [-0.1, -0.05) is 18.2 Å². The molecule has 2 aromatic carbocycles. The third-order valence-electron chi connectivity index (χ3n) is 7.37. The molecule has 2 fully saturated rings. The molecule has 0 saturated carbocycles. The van der Waals surface area contributed by atoms with E-state index in [2.05, 4.69) is 11.0 Å². The van der Waals surface area contributed by atoms with Crippen LogP contribution in [0.4, 0.5) is 5.69 Å². The molecule has 1 atom stereocenters. The number of hydrogen-bond acceptors (Lipinski definition) is 5. The van der Waals surface area contributed by atoms with Gasteiger partial charge in [-0.3, -0.25) is 13.9 Å². The van der Waals surface area contributed by atoms with Gasteiger partial charge < -0.3 is 15.5 Å². The van der Waals surface area contributed by atoms with Crippen LogP contribution in [0.2, 0.25) is 0 Å². The third-order valence-corrected chi connectivity index (χ3v) is 7.37. The summed E-state index contributed by atoms with van der Waals surface area (Å²) in [7, 11) is 1.75. The summed E-state index contributed by atoms with van der Waals surface area (Å²) in [4.78, 5) is 31.1. The summed E-state index contributed by atoms with van der Waals surface area (Å²) in [5.74, 6) is 0.0178. The number of nitrogens with zero attached hydrogens (tertiary/aromatic N) is 5. The smallest absolute Gasteiger partial charge is 0.329 e. The number of imidazole rings is 1. The molecule has 1 aromatic heterocycles. The molecule has 3 aromatic rings. The molecule has 0 aliphatic carbocycles. The molecule has 182 valence electrons. The van der Waals surface area contributed by atoms with Gasteiger partial charge in [0.25, 0.3) is 5.91 Å². The number of likely N-dealkylation sites (tertiary alicyclic amines) is 1. The number of nitrogens with two attached hydrogens (primary N) is 1. The van der Waals surface area contributed by atoms with E-state index in [4.69, 9.17) is 5.73 Å². The van der Waals surface area contributed by atoms with Gasteiger partial charge in [0.05, 0.1) is 34.9 Å². The zero-order valence-corrected chi connectivity index (χ0v) is 20.2. The molecular weight excluding hydrogens is 440 g/mol. The SMILES string of the molecule is Cn1c(=O)n(Cc2ccccc2C#N)c2c(N3CCC[C@@H](N)C3)cc(C(=O)N3CCCCC3)cc21. The number of anilines is 1. The minimum Gasteiger partial charge on any atom is -0.368 e. The van der Waals surface area contributed by atoms with Gasteiger partial charge in [-0.05, 0) is 55.9 Å². The second kappa shape index (κ2) is 9.59. The van der Waals surface area contributed by atoms with Crippen LogP contribution in [0.5, 0.6) is 0 Å². The zero-order chi connectivity index (χ0) is 24.5. The van der Waals surface area contributed by atoms with E-state index in [-0.39, 0.29) is 24.2 Å². The Morgan fingerprint density at radius 3 is 2.63 bits per heavy atom. The Morgan fingerprint density at radius 2 is 1.89 bits per heavy atom. The number of benzene rings is 2. The van der Waals surface area contributed by atoms with Gasteiger partial charge in [0.2, 0.25) is 0 Å². The predicted octanol–water partition coefficient (Wildman–Crippen LogP) is 2.81. The Bertz CT molecular complexity index is 1360. The topological polar surface area (TPSA) is 100 Å². The molecular formula is C27H32N6O2. The number of nitriles is 1. The van der Waals surface area contributed by atoms with Crippen molar-refractivity contribution in [3.05, 3.63) is 63.6 Å². The van der Waals surface area contributed by atoms with Crippen molar-refractivity contribution in [1.82, 2.24) is 14.0 Å². The molecule has 2 aliphatic rings. The van der Waals surface area contributed by atoms with Crippen molar-refractivity contribution in [3.8, 4) is 6.07 Å². The van der Waals surface area contributed by atoms with E-state index in [1.165, 1.54) is 0 Å². The quantitative estimate of drug-likeness (QED) is 0.629. The molecule has 8 heteroatoms. The molecule has 1 amide bonds. The molecule has 2 saturated heterocycles. The van der Waals surface area contributed by atoms with Crippen LogP contribution in [0, 0.1) is 11.3 Å². The second-order valence-corrected chi connectivity index (χ2v) is 9.76. The van der Waals surface area contributed by atoms with Crippen molar-refractivity contribution in [2.24, 2.45) is 12.8 Å². The van der Waals surface area contributed by atoms with Gasteiger partial charge in [-0.2, -0.15) is 5.26 Å². The fraction of sp³-hybridized carbons (Fsp3) is 0.444. The number of piperidine rings is 2. The molecule has 8 nitrogen and oxygen atoms in total. The lowest BCUT2D eigenvalue weighted by Crippen LogP contribution is -2.43. The van der Waals surface area contributed by atoms with Crippen molar-refractivity contribution < 1.29 is 4.79 Å². The summed E-state index contributed by atoms with van der Waals surface area (Å²) in [6.07, 6.45) is 5.12. The normalized spacial score (nSPS) is 18.6. The van der Waals surface area contributed by atoms with E-state index in [0.29, 0.717) is 17.7 Å². The lowest BCUT2D eigenvalue weighted by Gasteiger charge is -2.34. The maximum Gasteiger partial charge on any atom is 0.329 e. The first-order valence-corrected chi connectivity index (χ1v) is 12.5. The molecule has 0 spiro atoms. The van der Waals surface area contributed by atoms with Gasteiger partial charge in [0.15, 0.2) is 0 Å². The van der Waals surface area contributed by atoms with Gasteiger partial charge >= 0.3 is 5.69 Å². The fourth-order valence-electron chi connectivity index (χ4n) is 5.47. The monoisotopic (exact) mass is 472 g/mol. The minimum atomic E-state index is -0.169. The summed E-state index contributed by atoms with van der Waals surface area (Å²) < 4.78 is 3.35. The van der Waals surface area contributed by atoms with Crippen LogP contribution >= 0.6 is 0 Å². The number of rotatable bonds is 4. The lowest BCUT2D eigenvalue weighted by atomic mass is 10.0. The van der Waals surface area contributed by atoms with E-state index in [9.17, 15) is 14.9 Å². The number of carbonyl (C=O) groups is 1. The number of hydrogen-bond donors (Lipinski definition) is 1. The Balaban J connectivity index is 1.68. The van der Waals surface area contributed by atoms with E-state index in [1.807, 2.05) is 35.2 Å². The maximum absolute atomic E-state index is 13.5. The average molecular weight is 473 g/mol. The van der Waals surface area contributed by atoms with Crippen LogP contribution < -0.4 is 16.3 Å². The van der Waals surface area contributed by atoms with Crippen LogP contribution in [-0.2, 0) is 13.6 Å². The van der Waals surface area contributed by atoms with Crippen molar-refractivity contribution >= 4 is 22.6 Å². The highest BCUT2D eigenvalue weighted by Crippen LogP contribution is 2.32. The first-order chi connectivity index (χ1) is 17.0. The van der Waals surface area contributed by atoms with E-state index in [1.54, 1.807) is 22.2 Å². The highest BCUT2D eigenvalue weighted by molar-refractivity contribution is 6.02. The maximum atomic E-state index is 13.5. The summed E-state index contributed by atoms with van der Waals surface area (Å²) >= 11 is 0. The third kappa shape index (κ3) is 4.32. The summed E-state index contributed by atoms with van der Waals surface area (Å²) in [5, 5.41) is 9.59. The summed E-state index contributed by atoms with van der Waals surface area (Å²) in [5.41, 5.74) is 10.5. The van der Waals surface area contributed by atoms with Crippen molar-refractivity contribution in [1.29, 1.82) is 5.26 Å². The van der Waals surface area contributed by atoms with E-state index in [0.717, 1.165) is 74.0 Å². The number of fused-ring (bicyclic) bond motifs is 1. The molecule has 35 heavy (non-hydrogen) atoms. The summed E-state index contributed by atoms with van der Waals surface area (Å²) in [6.45, 7) is 3.32. The predicted molar refractivity (Wildman–Crippen MR) is 137 cm³/mol. The Labute approximate surface area is 205 Å². The fourth-order valence-corrected chi connectivity index (χ4v) is 5.47. The lowest BCUT2D eigenvalue weighted by molar-refractivity contribution is 0.0724. The Hall–Kier alpha value is -3.57. The molecule has 2 N–H and O–H groups in total. The number of aromatic nitrogens is 2. The standard InChI is InChI=1S/C27H32N6O2/c1-30-23-14-21(26(34)31-11-5-2-6-12-31)15-24(32-13-7-10-22(29)18-32)25(23)33(27(30)35)17-20-9-4-3-8-19(20)16-28/h3-4,8-9,14-15,22H,2,5-7,10-13,17-18,29H2,1H3/t22-/m1/s1. The Kier molecular flexibility index (Phi) is 6.35. The highest BCUT2D eigenvalue weighted by Gasteiger charge is 2.27. The van der Waals surface area contributed by atoms with Crippen LogP contribution in [0.3, 0.4) is 0 Å². The van der Waals surface area contributed by atoms with Crippen LogP contribution in [0.25, 0.3) is 11.0 Å². The highest BCUT2D eigenvalue weighted by atomic mass is 16.2. The second-order valence-electron chi connectivity index (χ2n) is 9.76. The molecule has 0 unspecified atom stereocenters. The van der Waals surface area contributed by atoms with Gasteiger partial charge in [-0.15, -0.1) is 0 Å². The number of aryl methyl sites for hydroxylation is 1. The van der Waals surface area contributed by atoms with Crippen molar-refractivity contribution in [2.45, 2.75) is 44.7 Å². The largest absolute Gasteiger partial charge is 0.368 e.